The van der Waals surface area contributed by atoms with Crippen molar-refractivity contribution in [1.29, 1.82) is 0 Å². The third-order valence-corrected chi connectivity index (χ3v) is 14.8. The lowest BCUT2D eigenvalue weighted by molar-refractivity contribution is 0.590. The van der Waals surface area contributed by atoms with E-state index in [4.69, 9.17) is 4.42 Å². The Morgan fingerprint density at radius 1 is 0.342 bits per heavy atom. The summed E-state index contributed by atoms with van der Waals surface area (Å²) < 4.78 is 6.93. The van der Waals surface area contributed by atoms with E-state index < -0.39 is 0 Å². The lowest BCUT2D eigenvalue weighted by atomic mass is 9.86. The fraction of sp³-hybridized carbons (Fsp3) is 0.200. The summed E-state index contributed by atoms with van der Waals surface area (Å²) in [7, 11) is 0. The Morgan fingerprint density at radius 2 is 0.740 bits per heavy atom. The van der Waals surface area contributed by atoms with E-state index in [0.717, 1.165) is 66.8 Å². The van der Waals surface area contributed by atoms with Crippen LogP contribution < -0.4 is 9.80 Å². The average molecular weight is 951 g/mol. The molecule has 0 atom stereocenters. The molecular weight excluding hydrogens is 885 g/mol. The molecule has 1 aromatic heterocycles. The summed E-state index contributed by atoms with van der Waals surface area (Å²) in [6.45, 7) is 22.8. The number of nitrogens with zero attached hydrogens (tertiary/aromatic N) is 2. The molecule has 362 valence electrons. The van der Waals surface area contributed by atoms with Crippen LogP contribution in [0.25, 0.3) is 65.7 Å². The molecule has 11 rings (SSSR count). The summed E-state index contributed by atoms with van der Waals surface area (Å²) in [6.07, 6.45) is 0. The highest BCUT2D eigenvalue weighted by Crippen LogP contribution is 2.47. The predicted octanol–water partition coefficient (Wildman–Crippen LogP) is 21.0. The molecule has 0 saturated carbocycles. The standard InChI is InChI=1S/C70H66N2O/c1-45(2)49-29-33-61(47-19-13-11-14-20-47)65(39-49)71(57-25-17-23-55(43-57)69(5,6)7)59-31-27-51-37-63-64-38-52-28-32-60(36-54(52)42-68(64)73-67(63)41-53(51)35-59)72(58-26-18-24-56(44-58)70(8,9)10)66-40-50(46(3)4)30-34-62(66)48-21-15-12-16-22-48/h11-46H,1-10H3. The number of benzene rings is 10. The minimum atomic E-state index is -0.0187. The zero-order valence-electron chi connectivity index (χ0n) is 44.1. The molecule has 10 aromatic carbocycles. The van der Waals surface area contributed by atoms with Gasteiger partial charge in [0.2, 0.25) is 0 Å². The molecule has 73 heavy (non-hydrogen) atoms. The zero-order valence-corrected chi connectivity index (χ0v) is 44.1. The highest BCUT2D eigenvalue weighted by atomic mass is 16.3. The minimum Gasteiger partial charge on any atom is -0.456 e. The summed E-state index contributed by atoms with van der Waals surface area (Å²) in [5.41, 5.74) is 18.4. The Labute approximate surface area is 432 Å². The van der Waals surface area contributed by atoms with Crippen molar-refractivity contribution in [3.05, 3.63) is 229 Å². The summed E-state index contributed by atoms with van der Waals surface area (Å²) in [4.78, 5) is 4.92. The van der Waals surface area contributed by atoms with Gasteiger partial charge in [-0.15, -0.1) is 0 Å². The van der Waals surface area contributed by atoms with Gasteiger partial charge in [0.05, 0.1) is 11.4 Å². The van der Waals surface area contributed by atoms with Gasteiger partial charge in [-0.25, -0.2) is 0 Å². The van der Waals surface area contributed by atoms with E-state index in [2.05, 4.69) is 285 Å². The molecule has 0 aliphatic rings. The van der Waals surface area contributed by atoms with Crippen LogP contribution in [0, 0.1) is 0 Å². The molecule has 11 aromatic rings. The van der Waals surface area contributed by atoms with E-state index in [1.54, 1.807) is 0 Å². The SMILES string of the molecule is CC(C)c1ccc(-c2ccccc2)c(N(c2cccc(C(C)(C)C)c2)c2ccc3cc4c(cc3c2)oc2cc3cc(N(c5cccc(C(C)(C)C)c5)c5cc(C(C)C)ccc5-c5ccccc5)ccc3cc24)c1. The molecule has 0 fully saturated rings. The molecule has 0 radical (unpaired) electrons. The van der Waals surface area contributed by atoms with Crippen molar-refractivity contribution in [2.24, 2.45) is 0 Å². The topological polar surface area (TPSA) is 19.6 Å². The van der Waals surface area contributed by atoms with E-state index in [1.807, 2.05) is 0 Å². The Balaban J connectivity index is 1.06. The quantitative estimate of drug-likeness (QED) is 0.136. The number of fused-ring (bicyclic) bond motifs is 5. The number of hydrogen-bond donors (Lipinski definition) is 0. The fourth-order valence-corrected chi connectivity index (χ4v) is 10.5. The third kappa shape index (κ3) is 9.19. The van der Waals surface area contributed by atoms with Crippen molar-refractivity contribution < 1.29 is 4.42 Å². The summed E-state index contributed by atoms with van der Waals surface area (Å²) >= 11 is 0. The first-order valence-corrected chi connectivity index (χ1v) is 26.1. The molecular formula is C70H66N2O. The van der Waals surface area contributed by atoms with Crippen molar-refractivity contribution in [2.45, 2.75) is 91.9 Å². The Hall–Kier alpha value is -7.88. The number of anilines is 6. The molecule has 3 nitrogen and oxygen atoms in total. The molecule has 0 saturated heterocycles. The van der Waals surface area contributed by atoms with E-state index in [9.17, 15) is 0 Å². The molecule has 0 bridgehead atoms. The molecule has 0 spiro atoms. The van der Waals surface area contributed by atoms with Gasteiger partial charge in [0.15, 0.2) is 0 Å². The van der Waals surface area contributed by atoms with Crippen LogP contribution >= 0.6 is 0 Å². The van der Waals surface area contributed by atoms with Gasteiger partial charge in [0, 0.05) is 44.6 Å². The van der Waals surface area contributed by atoms with Crippen LogP contribution in [0.1, 0.15) is 103 Å². The van der Waals surface area contributed by atoms with Gasteiger partial charge in [0.25, 0.3) is 0 Å². The van der Waals surface area contributed by atoms with Crippen LogP contribution in [0.4, 0.5) is 34.1 Å². The zero-order chi connectivity index (χ0) is 50.8. The van der Waals surface area contributed by atoms with Crippen LogP contribution in [0.15, 0.2) is 211 Å². The Morgan fingerprint density at radius 3 is 1.12 bits per heavy atom. The first-order valence-electron chi connectivity index (χ1n) is 26.1. The molecule has 0 unspecified atom stereocenters. The predicted molar refractivity (Wildman–Crippen MR) is 315 cm³/mol. The van der Waals surface area contributed by atoms with Crippen LogP contribution in [-0.2, 0) is 10.8 Å². The highest BCUT2D eigenvalue weighted by molar-refractivity contribution is 6.14. The van der Waals surface area contributed by atoms with Gasteiger partial charge >= 0.3 is 0 Å². The van der Waals surface area contributed by atoms with Gasteiger partial charge in [-0.2, -0.15) is 0 Å². The van der Waals surface area contributed by atoms with Crippen LogP contribution in [0.2, 0.25) is 0 Å². The van der Waals surface area contributed by atoms with Gasteiger partial charge in [-0.05, 0) is 163 Å². The van der Waals surface area contributed by atoms with Crippen LogP contribution in [0.3, 0.4) is 0 Å². The molecule has 0 N–H and O–H groups in total. The van der Waals surface area contributed by atoms with E-state index >= 15 is 0 Å². The maximum atomic E-state index is 6.93. The van der Waals surface area contributed by atoms with Crippen molar-refractivity contribution in [2.75, 3.05) is 9.80 Å². The molecule has 0 aliphatic heterocycles. The van der Waals surface area contributed by atoms with E-state index in [1.165, 1.54) is 55.3 Å². The smallest absolute Gasteiger partial charge is 0.136 e. The largest absolute Gasteiger partial charge is 0.456 e. The molecule has 1 heterocycles. The second-order valence-electron chi connectivity index (χ2n) is 22.7. The minimum absolute atomic E-state index is 0.0187. The van der Waals surface area contributed by atoms with Crippen LogP contribution in [0.5, 0.6) is 0 Å². The second-order valence-corrected chi connectivity index (χ2v) is 22.7. The molecule has 0 aliphatic carbocycles. The van der Waals surface area contributed by atoms with Crippen LogP contribution in [-0.4, -0.2) is 0 Å². The molecule has 3 heteroatoms. The number of furan rings is 1. The fourth-order valence-electron chi connectivity index (χ4n) is 10.5. The van der Waals surface area contributed by atoms with Crippen molar-refractivity contribution >= 4 is 77.6 Å². The Kier molecular flexibility index (Phi) is 12.1. The number of hydrogen-bond acceptors (Lipinski definition) is 3. The van der Waals surface area contributed by atoms with Gasteiger partial charge < -0.3 is 14.2 Å². The van der Waals surface area contributed by atoms with E-state index in [-0.39, 0.29) is 10.8 Å². The van der Waals surface area contributed by atoms with Gasteiger partial charge in [0.1, 0.15) is 11.2 Å². The maximum absolute atomic E-state index is 6.93. The second kappa shape index (κ2) is 18.6. The van der Waals surface area contributed by atoms with Crippen molar-refractivity contribution in [3.8, 4) is 22.3 Å². The summed E-state index contributed by atoms with van der Waals surface area (Å²) in [5, 5.41) is 6.82. The Bertz CT molecular complexity index is 3580. The summed E-state index contributed by atoms with van der Waals surface area (Å²) in [6, 6.07) is 76.7. The van der Waals surface area contributed by atoms with E-state index in [0.29, 0.717) is 11.8 Å². The monoisotopic (exact) mass is 951 g/mol. The normalized spacial score (nSPS) is 12.2. The lowest BCUT2D eigenvalue weighted by Gasteiger charge is -2.30. The summed E-state index contributed by atoms with van der Waals surface area (Å²) in [5.74, 6) is 0.734. The lowest BCUT2D eigenvalue weighted by Crippen LogP contribution is -2.15. The average Bonchev–Trinajstić information content (AvgIpc) is 3.73. The van der Waals surface area contributed by atoms with Crippen molar-refractivity contribution in [3.63, 3.8) is 0 Å². The highest BCUT2D eigenvalue weighted by Gasteiger charge is 2.25. The molecule has 0 amide bonds. The first-order chi connectivity index (χ1) is 35.1. The van der Waals surface area contributed by atoms with Crippen molar-refractivity contribution in [1.82, 2.24) is 0 Å². The number of rotatable bonds is 10. The third-order valence-electron chi connectivity index (χ3n) is 14.8. The first kappa shape index (κ1) is 47.4. The van der Waals surface area contributed by atoms with Gasteiger partial charge in [-0.3, -0.25) is 0 Å². The maximum Gasteiger partial charge on any atom is 0.136 e. The van der Waals surface area contributed by atoms with Gasteiger partial charge in [-0.1, -0.05) is 191 Å².